The first-order chi connectivity index (χ1) is 10.1. The molecule has 116 valence electrons. The summed E-state index contributed by atoms with van der Waals surface area (Å²) < 4.78 is 0. The van der Waals surface area contributed by atoms with Gasteiger partial charge in [-0.2, -0.15) is 0 Å². The molecule has 1 heterocycles. The van der Waals surface area contributed by atoms with Gasteiger partial charge in [-0.1, -0.05) is 23.7 Å². The second kappa shape index (κ2) is 8.25. The number of halogens is 1. The van der Waals surface area contributed by atoms with Gasteiger partial charge in [0.25, 0.3) is 0 Å². The van der Waals surface area contributed by atoms with Gasteiger partial charge in [-0.05, 0) is 63.0 Å². The van der Waals surface area contributed by atoms with Gasteiger partial charge in [-0.25, -0.2) is 0 Å². The number of likely N-dealkylation sites (tertiary alicyclic amines) is 1. The molecule has 2 rings (SSSR count). The van der Waals surface area contributed by atoms with Crippen LogP contribution in [0.25, 0.3) is 0 Å². The number of guanidine groups is 1. The average Bonchev–Trinajstić information content (AvgIpc) is 2.97. The highest BCUT2D eigenvalue weighted by Crippen LogP contribution is 2.12. The summed E-state index contributed by atoms with van der Waals surface area (Å²) in [4.78, 5) is 4.45. The highest BCUT2D eigenvalue weighted by Gasteiger charge is 2.11. The first-order valence-electron chi connectivity index (χ1n) is 7.71. The average molecular weight is 309 g/mol. The fourth-order valence-electron chi connectivity index (χ4n) is 2.74. The van der Waals surface area contributed by atoms with Gasteiger partial charge in [-0.15, -0.1) is 0 Å². The minimum Gasteiger partial charge on any atom is -0.370 e. The third-order valence-electron chi connectivity index (χ3n) is 3.98. The number of nitrogens with two attached hydrogens (primary N) is 1. The topological polar surface area (TPSA) is 56.4 Å². The fraction of sp³-hybridized carbons (Fsp3) is 0.562. The fourth-order valence-corrected chi connectivity index (χ4v) is 2.87. The maximum absolute atomic E-state index is 7.71. The van der Waals surface area contributed by atoms with Crippen molar-refractivity contribution in [2.75, 3.05) is 26.2 Å². The van der Waals surface area contributed by atoms with Crippen LogP contribution in [0.3, 0.4) is 0 Å². The van der Waals surface area contributed by atoms with Crippen LogP contribution >= 0.6 is 11.6 Å². The van der Waals surface area contributed by atoms with E-state index in [4.69, 9.17) is 22.7 Å². The summed E-state index contributed by atoms with van der Waals surface area (Å²) in [6, 6.07) is 7.73. The van der Waals surface area contributed by atoms with Crippen LogP contribution in [0.2, 0.25) is 5.02 Å². The van der Waals surface area contributed by atoms with Crippen LogP contribution in [-0.2, 0) is 6.54 Å². The van der Waals surface area contributed by atoms with Gasteiger partial charge in [0, 0.05) is 18.1 Å². The Morgan fingerprint density at radius 3 is 2.48 bits per heavy atom. The van der Waals surface area contributed by atoms with Crippen molar-refractivity contribution in [2.45, 2.75) is 32.2 Å². The minimum atomic E-state index is 0.145. The molecule has 0 aromatic heterocycles. The highest BCUT2D eigenvalue weighted by molar-refractivity contribution is 6.30. The Morgan fingerprint density at radius 1 is 1.19 bits per heavy atom. The zero-order valence-corrected chi connectivity index (χ0v) is 13.3. The van der Waals surface area contributed by atoms with Crippen LogP contribution < -0.4 is 5.73 Å². The van der Waals surface area contributed by atoms with Crippen molar-refractivity contribution in [1.82, 2.24) is 9.80 Å². The molecule has 5 heteroatoms. The monoisotopic (exact) mass is 308 g/mol. The second-order valence-corrected chi connectivity index (χ2v) is 6.13. The van der Waals surface area contributed by atoms with Crippen molar-refractivity contribution < 1.29 is 0 Å². The molecule has 3 N–H and O–H groups in total. The summed E-state index contributed by atoms with van der Waals surface area (Å²) >= 11 is 5.89. The van der Waals surface area contributed by atoms with E-state index < -0.39 is 0 Å². The molecular formula is C16H25ClN4. The van der Waals surface area contributed by atoms with Gasteiger partial charge in [0.2, 0.25) is 0 Å². The van der Waals surface area contributed by atoms with E-state index in [0.717, 1.165) is 23.6 Å². The maximum Gasteiger partial charge on any atom is 0.188 e. The van der Waals surface area contributed by atoms with Gasteiger partial charge in [0.05, 0.1) is 0 Å². The van der Waals surface area contributed by atoms with E-state index in [1.54, 1.807) is 0 Å². The second-order valence-electron chi connectivity index (χ2n) is 5.69. The standard InChI is InChI=1S/C16H25ClN4/c17-15-7-5-14(6-8-15)13-21(16(18)19)12-4-3-11-20-9-1-2-10-20/h5-8H,1-4,9-13H2,(H3,18,19). The SMILES string of the molecule is N=C(N)N(CCCCN1CCCC1)Cc1ccc(Cl)cc1. The Labute approximate surface area is 132 Å². The lowest BCUT2D eigenvalue weighted by Crippen LogP contribution is -2.36. The van der Waals surface area contributed by atoms with Gasteiger partial charge in [-0.3, -0.25) is 5.41 Å². The lowest BCUT2D eigenvalue weighted by Gasteiger charge is -2.23. The number of hydrogen-bond donors (Lipinski definition) is 2. The number of hydrogen-bond acceptors (Lipinski definition) is 2. The van der Waals surface area contributed by atoms with Crippen molar-refractivity contribution in [1.29, 1.82) is 5.41 Å². The van der Waals surface area contributed by atoms with Crippen LogP contribution in [0.15, 0.2) is 24.3 Å². The van der Waals surface area contributed by atoms with Crippen LogP contribution in [0.1, 0.15) is 31.2 Å². The summed E-state index contributed by atoms with van der Waals surface area (Å²) in [5.41, 5.74) is 6.83. The predicted octanol–water partition coefficient (Wildman–Crippen LogP) is 2.91. The number of unbranched alkanes of at least 4 members (excludes halogenated alkanes) is 1. The number of benzene rings is 1. The molecule has 1 fully saturated rings. The van der Waals surface area contributed by atoms with Gasteiger partial charge in [0.15, 0.2) is 5.96 Å². The molecule has 1 aromatic rings. The molecule has 0 unspecified atom stereocenters. The molecule has 1 aliphatic rings. The highest BCUT2D eigenvalue weighted by atomic mass is 35.5. The van der Waals surface area contributed by atoms with Crippen LogP contribution in [0.4, 0.5) is 0 Å². The van der Waals surface area contributed by atoms with E-state index in [2.05, 4.69) is 4.90 Å². The molecule has 0 aliphatic carbocycles. The van der Waals surface area contributed by atoms with E-state index in [1.165, 1.54) is 38.9 Å². The first-order valence-corrected chi connectivity index (χ1v) is 8.09. The molecular weight excluding hydrogens is 284 g/mol. The first kappa shape index (κ1) is 16.1. The number of rotatable bonds is 7. The van der Waals surface area contributed by atoms with Crippen LogP contribution in [0.5, 0.6) is 0 Å². The molecule has 1 aromatic carbocycles. The Kier molecular flexibility index (Phi) is 6.33. The van der Waals surface area contributed by atoms with E-state index >= 15 is 0 Å². The summed E-state index contributed by atoms with van der Waals surface area (Å²) in [6.45, 7) is 5.19. The van der Waals surface area contributed by atoms with E-state index in [0.29, 0.717) is 6.54 Å². The van der Waals surface area contributed by atoms with Crippen molar-refractivity contribution >= 4 is 17.6 Å². The number of nitrogens with zero attached hydrogens (tertiary/aromatic N) is 2. The van der Waals surface area contributed by atoms with Crippen molar-refractivity contribution in [3.05, 3.63) is 34.9 Å². The van der Waals surface area contributed by atoms with E-state index in [-0.39, 0.29) is 5.96 Å². The van der Waals surface area contributed by atoms with Crippen LogP contribution in [-0.4, -0.2) is 41.9 Å². The molecule has 1 saturated heterocycles. The van der Waals surface area contributed by atoms with Crippen molar-refractivity contribution in [2.24, 2.45) is 5.73 Å². The van der Waals surface area contributed by atoms with E-state index in [1.807, 2.05) is 29.2 Å². The van der Waals surface area contributed by atoms with Crippen molar-refractivity contribution in [3.63, 3.8) is 0 Å². The lowest BCUT2D eigenvalue weighted by atomic mass is 10.2. The molecule has 0 atom stereocenters. The van der Waals surface area contributed by atoms with Crippen LogP contribution in [0, 0.1) is 5.41 Å². The normalized spacial score (nSPS) is 15.3. The van der Waals surface area contributed by atoms with E-state index in [9.17, 15) is 0 Å². The summed E-state index contributed by atoms with van der Waals surface area (Å²) in [7, 11) is 0. The molecule has 0 bridgehead atoms. The third kappa shape index (κ3) is 5.56. The molecule has 4 nitrogen and oxygen atoms in total. The minimum absolute atomic E-state index is 0.145. The Bertz CT molecular complexity index is 440. The molecule has 0 spiro atoms. The summed E-state index contributed by atoms with van der Waals surface area (Å²) in [5, 5.41) is 8.45. The Balaban J connectivity index is 1.73. The molecule has 1 aliphatic heterocycles. The zero-order chi connectivity index (χ0) is 15.1. The molecule has 0 saturated carbocycles. The largest absolute Gasteiger partial charge is 0.370 e. The zero-order valence-electron chi connectivity index (χ0n) is 12.5. The predicted molar refractivity (Wildman–Crippen MR) is 88.7 cm³/mol. The maximum atomic E-state index is 7.71. The lowest BCUT2D eigenvalue weighted by molar-refractivity contribution is 0.314. The summed E-state index contributed by atoms with van der Waals surface area (Å²) in [6.07, 6.45) is 4.93. The molecule has 21 heavy (non-hydrogen) atoms. The molecule has 0 amide bonds. The smallest absolute Gasteiger partial charge is 0.188 e. The Hall–Kier alpha value is -1.26. The van der Waals surface area contributed by atoms with Gasteiger partial charge < -0.3 is 15.5 Å². The van der Waals surface area contributed by atoms with Crippen molar-refractivity contribution in [3.8, 4) is 0 Å². The quantitative estimate of drug-likeness (QED) is 0.462. The Morgan fingerprint density at radius 2 is 1.86 bits per heavy atom. The van der Waals surface area contributed by atoms with Gasteiger partial charge >= 0.3 is 0 Å². The summed E-state index contributed by atoms with van der Waals surface area (Å²) in [5.74, 6) is 0.145. The molecule has 0 radical (unpaired) electrons. The number of nitrogens with one attached hydrogen (secondary N) is 1. The third-order valence-corrected chi connectivity index (χ3v) is 4.23. The van der Waals surface area contributed by atoms with Gasteiger partial charge in [0.1, 0.15) is 0 Å².